The van der Waals surface area contributed by atoms with Gasteiger partial charge < -0.3 is 20.9 Å². The van der Waals surface area contributed by atoms with Crippen LogP contribution in [0.3, 0.4) is 0 Å². The first-order valence-electron chi connectivity index (χ1n) is 12.7. The van der Waals surface area contributed by atoms with E-state index >= 15 is 0 Å². The topological polar surface area (TPSA) is 105 Å². The van der Waals surface area contributed by atoms with Gasteiger partial charge in [0, 0.05) is 23.0 Å². The predicted octanol–water partition coefficient (Wildman–Crippen LogP) is 6.29. The van der Waals surface area contributed by atoms with Gasteiger partial charge >= 0.3 is 11.9 Å². The van der Waals surface area contributed by atoms with E-state index in [0.717, 1.165) is 37.2 Å². The first-order valence-corrected chi connectivity index (χ1v) is 12.7. The van der Waals surface area contributed by atoms with Gasteiger partial charge in [0.05, 0.1) is 5.56 Å². The molecule has 0 aliphatic heterocycles. The largest absolute Gasteiger partial charge is 0.459 e. The van der Waals surface area contributed by atoms with Gasteiger partial charge in [-0.2, -0.15) is 0 Å². The number of nitrogens with two attached hydrogens (primary N) is 2. The summed E-state index contributed by atoms with van der Waals surface area (Å²) in [6.45, 7) is 2.29. The Hall–Kier alpha value is -3.28. The molecule has 0 radical (unpaired) electrons. The number of hydrogen-bond donors (Lipinski definition) is 2. The molecular weight excluding hydrogens is 440 g/mol. The van der Waals surface area contributed by atoms with Crippen LogP contribution < -0.4 is 11.5 Å². The normalized spacial score (nSPS) is 17.9. The summed E-state index contributed by atoms with van der Waals surface area (Å²) in [5.41, 5.74) is 14.7. The summed E-state index contributed by atoms with van der Waals surface area (Å²) in [6, 6.07) is 12.1. The molecule has 35 heavy (non-hydrogen) atoms. The summed E-state index contributed by atoms with van der Waals surface area (Å²) >= 11 is 0. The van der Waals surface area contributed by atoms with Crippen molar-refractivity contribution in [1.29, 1.82) is 0 Å². The highest BCUT2D eigenvalue weighted by molar-refractivity contribution is 5.90. The molecule has 6 nitrogen and oxygen atoms in total. The quantitative estimate of drug-likeness (QED) is 0.170. The van der Waals surface area contributed by atoms with E-state index < -0.39 is 5.97 Å². The van der Waals surface area contributed by atoms with E-state index in [2.05, 4.69) is 6.92 Å². The Morgan fingerprint density at radius 1 is 0.971 bits per heavy atom. The summed E-state index contributed by atoms with van der Waals surface area (Å²) in [5.74, 6) is 0.00471. The van der Waals surface area contributed by atoms with Crippen LogP contribution in [-0.4, -0.2) is 18.0 Å². The fraction of sp³-hybridized carbons (Fsp3) is 0.448. The number of rotatable bonds is 11. The molecule has 0 heterocycles. The van der Waals surface area contributed by atoms with E-state index in [-0.39, 0.29) is 18.7 Å². The molecule has 0 spiro atoms. The lowest BCUT2D eigenvalue weighted by Gasteiger charge is -2.28. The summed E-state index contributed by atoms with van der Waals surface area (Å²) in [6.07, 6.45) is 13.7. The number of hydrogen-bond acceptors (Lipinski definition) is 6. The minimum absolute atomic E-state index is 0.0118. The van der Waals surface area contributed by atoms with Crippen molar-refractivity contribution in [3.63, 3.8) is 0 Å². The van der Waals surface area contributed by atoms with Gasteiger partial charge in [-0.3, -0.25) is 0 Å². The van der Waals surface area contributed by atoms with Crippen molar-refractivity contribution in [3.05, 3.63) is 65.2 Å². The molecule has 0 aromatic heterocycles. The van der Waals surface area contributed by atoms with E-state index in [9.17, 15) is 9.59 Å². The van der Waals surface area contributed by atoms with Crippen molar-refractivity contribution < 1.29 is 19.1 Å². The summed E-state index contributed by atoms with van der Waals surface area (Å²) < 4.78 is 11.0. The van der Waals surface area contributed by atoms with Crippen LogP contribution in [0.15, 0.2) is 48.5 Å². The zero-order valence-electron chi connectivity index (χ0n) is 20.7. The molecule has 2 aromatic rings. The predicted molar refractivity (Wildman–Crippen MR) is 140 cm³/mol. The molecule has 0 atom stereocenters. The maximum Gasteiger partial charge on any atom is 0.338 e. The molecule has 4 N–H and O–H groups in total. The Morgan fingerprint density at radius 3 is 2.43 bits per heavy atom. The minimum Gasteiger partial charge on any atom is -0.459 e. The molecule has 3 rings (SSSR count). The Labute approximate surface area is 208 Å². The van der Waals surface area contributed by atoms with Crippen LogP contribution >= 0.6 is 0 Å². The molecule has 1 fully saturated rings. The molecule has 0 saturated heterocycles. The smallest absolute Gasteiger partial charge is 0.338 e. The van der Waals surface area contributed by atoms with Crippen LogP contribution in [0, 0.1) is 5.92 Å². The molecular formula is C29H38N2O4. The Kier molecular flexibility index (Phi) is 10.2. The molecule has 1 aliphatic carbocycles. The number of carbonyl (C=O) groups is 2. The third kappa shape index (κ3) is 8.78. The zero-order valence-corrected chi connectivity index (χ0v) is 20.7. The molecule has 0 amide bonds. The number of ether oxygens (including phenoxy) is 2. The summed E-state index contributed by atoms with van der Waals surface area (Å²) in [5, 5.41) is 0. The molecule has 2 aromatic carbocycles. The lowest BCUT2D eigenvalue weighted by molar-refractivity contribution is -0.138. The minimum atomic E-state index is -0.490. The van der Waals surface area contributed by atoms with Gasteiger partial charge in [-0.1, -0.05) is 51.2 Å². The monoisotopic (exact) mass is 478 g/mol. The van der Waals surface area contributed by atoms with E-state index in [1.807, 2.05) is 0 Å². The number of esters is 2. The number of nitrogen functional groups attached to an aromatic ring is 2. The lowest BCUT2D eigenvalue weighted by Crippen LogP contribution is -2.24. The van der Waals surface area contributed by atoms with Crippen molar-refractivity contribution >= 4 is 29.4 Å². The molecule has 188 valence electrons. The van der Waals surface area contributed by atoms with Crippen LogP contribution in [0.5, 0.6) is 0 Å². The third-order valence-corrected chi connectivity index (χ3v) is 6.63. The van der Waals surface area contributed by atoms with Gasteiger partial charge in [-0.25, -0.2) is 9.59 Å². The van der Waals surface area contributed by atoms with Gasteiger partial charge in [0.25, 0.3) is 0 Å². The number of carbonyl (C=O) groups excluding carboxylic acids is 2. The second-order valence-electron chi connectivity index (χ2n) is 9.42. The van der Waals surface area contributed by atoms with Crippen molar-refractivity contribution in [2.45, 2.75) is 77.4 Å². The fourth-order valence-corrected chi connectivity index (χ4v) is 4.46. The van der Waals surface area contributed by atoms with Gasteiger partial charge in [-0.05, 0) is 73.6 Å². The highest BCUT2D eigenvalue weighted by Crippen LogP contribution is 2.30. The van der Waals surface area contributed by atoms with E-state index in [0.29, 0.717) is 22.5 Å². The van der Waals surface area contributed by atoms with E-state index in [1.165, 1.54) is 38.2 Å². The average Bonchev–Trinajstić information content (AvgIpc) is 2.87. The molecule has 6 heteroatoms. The van der Waals surface area contributed by atoms with E-state index in [1.54, 1.807) is 48.5 Å². The maximum atomic E-state index is 12.6. The third-order valence-electron chi connectivity index (χ3n) is 6.63. The van der Waals surface area contributed by atoms with Crippen LogP contribution in [0.25, 0.3) is 6.08 Å². The van der Waals surface area contributed by atoms with Gasteiger partial charge in [0.1, 0.15) is 12.7 Å². The lowest BCUT2D eigenvalue weighted by atomic mass is 9.84. The molecule has 1 saturated carbocycles. The molecule has 0 bridgehead atoms. The second kappa shape index (κ2) is 13.6. The van der Waals surface area contributed by atoms with Gasteiger partial charge in [0.2, 0.25) is 0 Å². The number of unbranched alkanes of at least 4 members (excludes halogenated alkanes) is 3. The first-order chi connectivity index (χ1) is 16.9. The highest BCUT2D eigenvalue weighted by atomic mass is 16.5. The highest BCUT2D eigenvalue weighted by Gasteiger charge is 2.24. The number of benzene rings is 2. The number of anilines is 2. The SMILES string of the molecule is CCCCCCC1CCC(OC(=O)c2ccc(/C=C/C(=O)OCc3cc(N)ccc3N)cc2)CC1. The molecule has 1 aliphatic rings. The zero-order chi connectivity index (χ0) is 25.0. The van der Waals surface area contributed by atoms with Crippen LogP contribution in [-0.2, 0) is 20.9 Å². The Balaban J connectivity index is 1.40. The first kappa shape index (κ1) is 26.3. The van der Waals surface area contributed by atoms with Crippen LogP contribution in [0.4, 0.5) is 11.4 Å². The van der Waals surface area contributed by atoms with Crippen molar-refractivity contribution in [2.75, 3.05) is 11.5 Å². The van der Waals surface area contributed by atoms with Crippen LogP contribution in [0.2, 0.25) is 0 Å². The van der Waals surface area contributed by atoms with E-state index in [4.69, 9.17) is 20.9 Å². The van der Waals surface area contributed by atoms with Crippen LogP contribution in [0.1, 0.15) is 86.2 Å². The second-order valence-corrected chi connectivity index (χ2v) is 9.42. The Morgan fingerprint density at radius 2 is 1.71 bits per heavy atom. The van der Waals surface area contributed by atoms with Crippen molar-refractivity contribution in [3.8, 4) is 0 Å². The van der Waals surface area contributed by atoms with Crippen molar-refractivity contribution in [1.82, 2.24) is 0 Å². The standard InChI is InChI=1S/C29H38N2O4/c1-2-3-4-5-6-21-9-15-26(16-10-21)35-29(33)23-12-7-22(8-13-23)11-18-28(32)34-20-24-19-25(30)14-17-27(24)31/h7-8,11-14,17-19,21,26H,2-6,9-10,15-16,20,30-31H2,1H3/b18-11+. The molecule has 0 unspecified atom stereocenters. The van der Waals surface area contributed by atoms with Crippen molar-refractivity contribution in [2.24, 2.45) is 5.92 Å². The fourth-order valence-electron chi connectivity index (χ4n) is 4.46. The van der Waals surface area contributed by atoms with Gasteiger partial charge in [-0.15, -0.1) is 0 Å². The summed E-state index contributed by atoms with van der Waals surface area (Å²) in [7, 11) is 0. The average molecular weight is 479 g/mol. The van der Waals surface area contributed by atoms with Gasteiger partial charge in [0.15, 0.2) is 0 Å². The Bertz CT molecular complexity index is 992. The summed E-state index contributed by atoms with van der Waals surface area (Å²) in [4.78, 5) is 24.6. The maximum absolute atomic E-state index is 12.6.